The van der Waals surface area contributed by atoms with Gasteiger partial charge in [0.25, 0.3) is 5.91 Å². The zero-order valence-corrected chi connectivity index (χ0v) is 19.1. The molecule has 3 aromatic rings. The number of rotatable bonds is 8. The lowest BCUT2D eigenvalue weighted by atomic mass is 9.86. The summed E-state index contributed by atoms with van der Waals surface area (Å²) in [6, 6.07) is 6.95. The Morgan fingerprint density at radius 3 is 2.58 bits per heavy atom. The summed E-state index contributed by atoms with van der Waals surface area (Å²) in [5.74, 6) is -0.849. The molecule has 3 heterocycles. The van der Waals surface area contributed by atoms with Crippen LogP contribution in [0.15, 0.2) is 41.7 Å². The Kier molecular flexibility index (Phi) is 6.46. The van der Waals surface area contributed by atoms with Crippen molar-refractivity contribution < 1.29 is 22.7 Å². The van der Waals surface area contributed by atoms with Crippen molar-refractivity contribution in [3.63, 3.8) is 0 Å². The smallest absolute Gasteiger partial charge is 0.340 e. The number of primary amides is 1. The average molecular weight is 471 g/mol. The molecule has 0 aliphatic heterocycles. The predicted molar refractivity (Wildman–Crippen MR) is 121 cm³/mol. The Hall–Kier alpha value is -3.27. The molecule has 1 aliphatic rings. The van der Waals surface area contributed by atoms with Gasteiger partial charge in [-0.1, -0.05) is 31.7 Å². The summed E-state index contributed by atoms with van der Waals surface area (Å²) in [5, 5.41) is 0.777. The fourth-order valence-corrected chi connectivity index (χ4v) is 4.95. The molecule has 0 radical (unpaired) electrons. The van der Waals surface area contributed by atoms with Gasteiger partial charge in [-0.05, 0) is 36.1 Å². The first-order chi connectivity index (χ1) is 15.7. The minimum atomic E-state index is -3.38. The molecule has 1 saturated carbocycles. The molecule has 10 heteroatoms. The van der Waals surface area contributed by atoms with Gasteiger partial charge >= 0.3 is 5.97 Å². The van der Waals surface area contributed by atoms with E-state index in [1.807, 2.05) is 12.1 Å². The fraction of sp³-hybridized carbons (Fsp3) is 0.391. The van der Waals surface area contributed by atoms with Gasteiger partial charge < -0.3 is 15.5 Å². The predicted octanol–water partition coefficient (Wildman–Crippen LogP) is 2.72. The number of carbonyl (C=O) groups excluding carboxylic acids is 2. The van der Waals surface area contributed by atoms with E-state index in [1.165, 1.54) is 31.9 Å². The van der Waals surface area contributed by atoms with Crippen LogP contribution in [0.4, 0.5) is 0 Å². The van der Waals surface area contributed by atoms with E-state index in [0.29, 0.717) is 11.6 Å². The number of sulfone groups is 1. The molecule has 0 saturated heterocycles. The molecule has 1 aliphatic carbocycles. The Morgan fingerprint density at radius 2 is 1.94 bits per heavy atom. The average Bonchev–Trinajstić information content (AvgIpc) is 3.44. The third kappa shape index (κ3) is 5.39. The minimum Gasteiger partial charge on any atom is -0.452 e. The molecule has 33 heavy (non-hydrogen) atoms. The number of H-pyrrole nitrogens is 1. The highest BCUT2D eigenvalue weighted by atomic mass is 32.2. The second kappa shape index (κ2) is 9.30. The summed E-state index contributed by atoms with van der Waals surface area (Å²) in [7, 11) is -3.38. The number of esters is 1. The maximum absolute atomic E-state index is 12.2. The summed E-state index contributed by atoms with van der Waals surface area (Å²) in [5.41, 5.74) is 7.70. The molecule has 1 atom stereocenters. The summed E-state index contributed by atoms with van der Waals surface area (Å²) >= 11 is 0. The summed E-state index contributed by atoms with van der Waals surface area (Å²) in [6.45, 7) is -0.491. The molecular weight excluding hydrogens is 444 g/mol. The van der Waals surface area contributed by atoms with Crippen LogP contribution in [0.3, 0.4) is 0 Å². The molecule has 0 spiro atoms. The number of carbonyl (C=O) groups is 2. The third-order valence-electron chi connectivity index (χ3n) is 6.03. The minimum absolute atomic E-state index is 0.0197. The van der Waals surface area contributed by atoms with E-state index in [4.69, 9.17) is 10.5 Å². The van der Waals surface area contributed by atoms with Crippen molar-refractivity contribution in [1.29, 1.82) is 0 Å². The van der Waals surface area contributed by atoms with Gasteiger partial charge in [0, 0.05) is 35.6 Å². The van der Waals surface area contributed by atoms with E-state index in [2.05, 4.69) is 15.0 Å². The van der Waals surface area contributed by atoms with Gasteiger partial charge in [0.05, 0.1) is 5.56 Å². The Morgan fingerprint density at radius 1 is 1.18 bits per heavy atom. The standard InChI is InChI=1S/C23H26N4O5S/c1-33(30,31)21-7-6-15(11-25-21)18(8-14-4-2-3-5-14)19-10-16-9-17(12-26-22(16)27-19)23(29)32-13-20(24)28/h6-7,9-12,14,18H,2-5,8,13H2,1H3,(H2,24,28)(H,26,27). The van der Waals surface area contributed by atoms with Crippen molar-refractivity contribution in [3.05, 3.63) is 53.5 Å². The Bertz CT molecular complexity index is 1280. The van der Waals surface area contributed by atoms with Crippen molar-refractivity contribution in [2.75, 3.05) is 12.9 Å². The number of ether oxygens (including phenoxy) is 1. The summed E-state index contributed by atoms with van der Waals surface area (Å²) < 4.78 is 28.5. The molecule has 0 aromatic carbocycles. The van der Waals surface area contributed by atoms with Gasteiger partial charge in [-0.25, -0.2) is 23.2 Å². The van der Waals surface area contributed by atoms with Gasteiger partial charge in [0.2, 0.25) is 0 Å². The Balaban J connectivity index is 1.66. The van der Waals surface area contributed by atoms with Crippen molar-refractivity contribution in [3.8, 4) is 0 Å². The number of nitrogens with zero attached hydrogens (tertiary/aromatic N) is 2. The van der Waals surface area contributed by atoms with Crippen molar-refractivity contribution >= 4 is 32.7 Å². The maximum atomic E-state index is 12.2. The van der Waals surface area contributed by atoms with Gasteiger partial charge in [0.15, 0.2) is 21.5 Å². The first-order valence-electron chi connectivity index (χ1n) is 10.8. The van der Waals surface area contributed by atoms with Gasteiger partial charge in [-0.2, -0.15) is 0 Å². The quantitative estimate of drug-likeness (QED) is 0.481. The molecule has 9 nitrogen and oxygen atoms in total. The zero-order chi connectivity index (χ0) is 23.6. The van der Waals surface area contributed by atoms with E-state index in [9.17, 15) is 18.0 Å². The molecule has 1 unspecified atom stereocenters. The number of amides is 1. The van der Waals surface area contributed by atoms with Crippen LogP contribution in [0.5, 0.6) is 0 Å². The molecule has 1 fully saturated rings. The largest absolute Gasteiger partial charge is 0.452 e. The van der Waals surface area contributed by atoms with Crippen molar-refractivity contribution in [2.45, 2.75) is 43.0 Å². The van der Waals surface area contributed by atoms with E-state index < -0.39 is 28.3 Å². The van der Waals surface area contributed by atoms with Crippen LogP contribution in [0.1, 0.15) is 59.6 Å². The number of nitrogens with one attached hydrogen (secondary N) is 1. The first-order valence-corrected chi connectivity index (χ1v) is 12.7. The highest BCUT2D eigenvalue weighted by Crippen LogP contribution is 2.38. The highest BCUT2D eigenvalue weighted by Gasteiger charge is 2.25. The molecule has 3 N–H and O–H groups in total. The monoisotopic (exact) mass is 470 g/mol. The molecule has 3 aromatic heterocycles. The number of fused-ring (bicyclic) bond motifs is 1. The van der Waals surface area contributed by atoms with Crippen LogP contribution in [-0.2, 0) is 19.4 Å². The SMILES string of the molecule is CS(=O)(=O)c1ccc(C(CC2CCCC2)c2cc3cc(C(=O)OCC(N)=O)cnc3[nH]2)cn1. The summed E-state index contributed by atoms with van der Waals surface area (Å²) in [6.07, 6.45) is 9.82. The number of aromatic amines is 1. The van der Waals surface area contributed by atoms with Crippen LogP contribution >= 0.6 is 0 Å². The Labute approximate surface area is 191 Å². The number of hydrogen-bond donors (Lipinski definition) is 2. The van der Waals surface area contributed by atoms with E-state index in [0.717, 1.165) is 29.3 Å². The normalized spacial score (nSPS) is 15.5. The van der Waals surface area contributed by atoms with Crippen LogP contribution in [0.2, 0.25) is 0 Å². The van der Waals surface area contributed by atoms with Crippen LogP contribution in [0.25, 0.3) is 11.0 Å². The second-order valence-corrected chi connectivity index (χ2v) is 10.5. The van der Waals surface area contributed by atoms with E-state index in [1.54, 1.807) is 18.3 Å². The number of hydrogen-bond acceptors (Lipinski definition) is 7. The maximum Gasteiger partial charge on any atom is 0.340 e. The van der Waals surface area contributed by atoms with Gasteiger partial charge in [0.1, 0.15) is 5.65 Å². The molecule has 0 bridgehead atoms. The molecule has 1 amide bonds. The lowest BCUT2D eigenvalue weighted by Gasteiger charge is -2.20. The lowest BCUT2D eigenvalue weighted by molar-refractivity contribution is -0.121. The van der Waals surface area contributed by atoms with Crippen molar-refractivity contribution in [2.24, 2.45) is 11.7 Å². The molecule has 4 rings (SSSR count). The lowest BCUT2D eigenvalue weighted by Crippen LogP contribution is -2.20. The number of aromatic nitrogens is 3. The topological polar surface area (TPSA) is 145 Å². The van der Waals surface area contributed by atoms with Gasteiger partial charge in [-0.15, -0.1) is 0 Å². The van der Waals surface area contributed by atoms with E-state index >= 15 is 0 Å². The van der Waals surface area contributed by atoms with Gasteiger partial charge in [-0.3, -0.25) is 4.79 Å². The zero-order valence-electron chi connectivity index (χ0n) is 18.3. The molecular formula is C23H26N4O5S. The fourth-order valence-electron chi connectivity index (χ4n) is 4.40. The second-order valence-electron chi connectivity index (χ2n) is 8.57. The number of nitrogens with two attached hydrogens (primary N) is 1. The van der Waals surface area contributed by atoms with Crippen molar-refractivity contribution in [1.82, 2.24) is 15.0 Å². The number of pyridine rings is 2. The summed E-state index contributed by atoms with van der Waals surface area (Å²) in [4.78, 5) is 34.9. The molecule has 174 valence electrons. The highest BCUT2D eigenvalue weighted by molar-refractivity contribution is 7.90. The van der Waals surface area contributed by atoms with Crippen LogP contribution in [0, 0.1) is 5.92 Å². The van der Waals surface area contributed by atoms with Crippen LogP contribution < -0.4 is 5.73 Å². The van der Waals surface area contributed by atoms with E-state index in [-0.39, 0.29) is 16.5 Å². The third-order valence-corrected chi connectivity index (χ3v) is 7.03. The van der Waals surface area contributed by atoms with Crippen LogP contribution in [-0.4, -0.2) is 48.1 Å². The first kappa shape index (κ1) is 22.9.